The molecule has 0 radical (unpaired) electrons. The van der Waals surface area contributed by atoms with Crippen molar-refractivity contribution in [2.75, 3.05) is 14.2 Å². The van der Waals surface area contributed by atoms with E-state index in [0.29, 0.717) is 13.2 Å². The zero-order valence-corrected chi connectivity index (χ0v) is 11.0. The molecular weight excluding hydrogens is 224 g/mol. The third-order valence-corrected chi connectivity index (χ3v) is 3.58. The largest absolute Gasteiger partial charge is 0.378 e. The standard InChI is InChI=1S/C11H20N2O2S/c1-4-5-9(15-3)11-13-8(7-14-2)10(6-12)16-11/h9H,4-7,12H2,1-3H3. The number of nitrogens with zero attached hydrogens (tertiary/aromatic N) is 1. The number of nitrogens with two attached hydrogens (primary N) is 1. The van der Waals surface area contributed by atoms with E-state index >= 15 is 0 Å². The van der Waals surface area contributed by atoms with Crippen LogP contribution in [0.25, 0.3) is 0 Å². The van der Waals surface area contributed by atoms with Gasteiger partial charge in [-0.05, 0) is 6.42 Å². The predicted molar refractivity (Wildman–Crippen MR) is 65.4 cm³/mol. The van der Waals surface area contributed by atoms with E-state index in [1.165, 1.54) is 0 Å². The van der Waals surface area contributed by atoms with Crippen LogP contribution in [0.5, 0.6) is 0 Å². The number of rotatable bonds is 7. The molecule has 1 heterocycles. The zero-order chi connectivity index (χ0) is 12.0. The molecule has 0 aliphatic carbocycles. The van der Waals surface area contributed by atoms with Crippen LogP contribution in [0.15, 0.2) is 0 Å². The lowest BCUT2D eigenvalue weighted by Crippen LogP contribution is -2.01. The van der Waals surface area contributed by atoms with Crippen molar-refractivity contribution in [3.63, 3.8) is 0 Å². The van der Waals surface area contributed by atoms with Gasteiger partial charge in [0.2, 0.25) is 0 Å². The predicted octanol–water partition coefficient (Wildman–Crippen LogP) is 2.24. The first kappa shape index (κ1) is 13.6. The van der Waals surface area contributed by atoms with Crippen LogP contribution in [0.2, 0.25) is 0 Å². The van der Waals surface area contributed by atoms with Gasteiger partial charge in [-0.2, -0.15) is 0 Å². The molecule has 5 heteroatoms. The van der Waals surface area contributed by atoms with Gasteiger partial charge in [0, 0.05) is 25.6 Å². The lowest BCUT2D eigenvalue weighted by Gasteiger charge is -2.10. The molecule has 1 rings (SSSR count). The summed E-state index contributed by atoms with van der Waals surface area (Å²) in [5.74, 6) is 0. The number of thiazole rings is 1. The molecule has 0 aromatic carbocycles. The van der Waals surface area contributed by atoms with Gasteiger partial charge in [0.05, 0.1) is 12.3 Å². The number of hydrogen-bond donors (Lipinski definition) is 1. The Morgan fingerprint density at radius 2 is 2.19 bits per heavy atom. The average Bonchev–Trinajstić information content (AvgIpc) is 2.69. The first-order valence-corrected chi connectivity index (χ1v) is 6.28. The quantitative estimate of drug-likeness (QED) is 0.799. The van der Waals surface area contributed by atoms with Crippen LogP contribution in [0.1, 0.15) is 41.4 Å². The van der Waals surface area contributed by atoms with Crippen molar-refractivity contribution in [3.8, 4) is 0 Å². The maximum atomic E-state index is 5.68. The molecule has 1 aromatic heterocycles. The topological polar surface area (TPSA) is 57.4 Å². The van der Waals surface area contributed by atoms with E-state index in [4.69, 9.17) is 15.2 Å². The second-order valence-corrected chi connectivity index (χ2v) is 4.69. The molecular formula is C11H20N2O2S. The molecule has 0 aliphatic heterocycles. The molecule has 0 amide bonds. The molecule has 0 saturated carbocycles. The van der Waals surface area contributed by atoms with Crippen LogP contribution in [-0.2, 0) is 22.6 Å². The molecule has 16 heavy (non-hydrogen) atoms. The minimum atomic E-state index is 0.0888. The summed E-state index contributed by atoms with van der Waals surface area (Å²) in [5, 5.41) is 1.01. The van der Waals surface area contributed by atoms with E-state index in [-0.39, 0.29) is 6.10 Å². The molecule has 0 spiro atoms. The van der Waals surface area contributed by atoms with Gasteiger partial charge in [-0.1, -0.05) is 13.3 Å². The fourth-order valence-corrected chi connectivity index (χ4v) is 2.61. The smallest absolute Gasteiger partial charge is 0.122 e. The van der Waals surface area contributed by atoms with E-state index in [0.717, 1.165) is 28.4 Å². The van der Waals surface area contributed by atoms with Crippen LogP contribution in [0.4, 0.5) is 0 Å². The SMILES string of the molecule is CCCC(OC)c1nc(COC)c(CN)s1. The van der Waals surface area contributed by atoms with Gasteiger partial charge < -0.3 is 15.2 Å². The van der Waals surface area contributed by atoms with Crippen molar-refractivity contribution in [2.45, 2.75) is 39.0 Å². The van der Waals surface area contributed by atoms with Crippen molar-refractivity contribution in [1.29, 1.82) is 0 Å². The third-order valence-electron chi connectivity index (χ3n) is 2.37. The number of ether oxygens (including phenoxy) is 2. The van der Waals surface area contributed by atoms with E-state index < -0.39 is 0 Å². The highest BCUT2D eigenvalue weighted by Crippen LogP contribution is 2.29. The monoisotopic (exact) mass is 244 g/mol. The zero-order valence-electron chi connectivity index (χ0n) is 10.2. The second-order valence-electron chi connectivity index (χ2n) is 3.57. The Morgan fingerprint density at radius 1 is 1.44 bits per heavy atom. The Labute approximate surface area is 101 Å². The van der Waals surface area contributed by atoms with Crippen molar-refractivity contribution in [1.82, 2.24) is 4.98 Å². The maximum Gasteiger partial charge on any atom is 0.122 e. The van der Waals surface area contributed by atoms with Gasteiger partial charge >= 0.3 is 0 Å². The van der Waals surface area contributed by atoms with Gasteiger partial charge in [0.25, 0.3) is 0 Å². The highest BCUT2D eigenvalue weighted by atomic mass is 32.1. The maximum absolute atomic E-state index is 5.68. The molecule has 92 valence electrons. The minimum Gasteiger partial charge on any atom is -0.378 e. The summed E-state index contributed by atoms with van der Waals surface area (Å²) in [6.07, 6.45) is 2.15. The van der Waals surface area contributed by atoms with Crippen molar-refractivity contribution in [2.24, 2.45) is 5.73 Å². The molecule has 1 aromatic rings. The Morgan fingerprint density at radius 3 is 2.69 bits per heavy atom. The van der Waals surface area contributed by atoms with Crippen molar-refractivity contribution >= 4 is 11.3 Å². The fraction of sp³-hybridized carbons (Fsp3) is 0.727. The van der Waals surface area contributed by atoms with E-state index in [9.17, 15) is 0 Å². The Kier molecular flexibility index (Phi) is 5.90. The molecule has 4 nitrogen and oxygen atoms in total. The Hall–Kier alpha value is -0.490. The minimum absolute atomic E-state index is 0.0888. The molecule has 0 saturated heterocycles. The molecule has 0 fully saturated rings. The van der Waals surface area contributed by atoms with Crippen LogP contribution in [0, 0.1) is 0 Å². The molecule has 1 atom stereocenters. The summed E-state index contributed by atoms with van der Waals surface area (Å²) in [6, 6.07) is 0. The lowest BCUT2D eigenvalue weighted by molar-refractivity contribution is 0.0942. The van der Waals surface area contributed by atoms with Gasteiger partial charge in [-0.15, -0.1) is 11.3 Å². The van der Waals surface area contributed by atoms with E-state index in [1.54, 1.807) is 25.6 Å². The van der Waals surface area contributed by atoms with Crippen LogP contribution in [0.3, 0.4) is 0 Å². The number of methoxy groups -OCH3 is 2. The molecule has 0 aliphatic rings. The van der Waals surface area contributed by atoms with Gasteiger partial charge in [0.1, 0.15) is 11.1 Å². The van der Waals surface area contributed by atoms with Crippen LogP contribution < -0.4 is 5.73 Å². The number of hydrogen-bond acceptors (Lipinski definition) is 5. The van der Waals surface area contributed by atoms with Crippen LogP contribution >= 0.6 is 11.3 Å². The second kappa shape index (κ2) is 6.96. The third kappa shape index (κ3) is 3.25. The summed E-state index contributed by atoms with van der Waals surface area (Å²) in [6.45, 7) is 3.17. The summed E-state index contributed by atoms with van der Waals surface area (Å²) < 4.78 is 10.5. The van der Waals surface area contributed by atoms with Crippen molar-refractivity contribution in [3.05, 3.63) is 15.6 Å². The lowest BCUT2D eigenvalue weighted by atomic mass is 10.2. The highest BCUT2D eigenvalue weighted by Gasteiger charge is 2.17. The highest BCUT2D eigenvalue weighted by molar-refractivity contribution is 7.11. The van der Waals surface area contributed by atoms with Gasteiger partial charge in [-0.25, -0.2) is 4.98 Å². The Bertz CT molecular complexity index is 315. The van der Waals surface area contributed by atoms with E-state index in [2.05, 4.69) is 11.9 Å². The first-order chi connectivity index (χ1) is 7.76. The summed E-state index contributed by atoms with van der Waals surface area (Å²) >= 11 is 1.63. The molecule has 2 N–H and O–H groups in total. The number of aromatic nitrogens is 1. The van der Waals surface area contributed by atoms with Gasteiger partial charge in [0.15, 0.2) is 0 Å². The fourth-order valence-electron chi connectivity index (χ4n) is 1.55. The summed E-state index contributed by atoms with van der Waals surface area (Å²) in [7, 11) is 3.39. The Balaban J connectivity index is 2.86. The molecule has 0 bridgehead atoms. The summed E-state index contributed by atoms with van der Waals surface area (Å²) in [4.78, 5) is 5.64. The van der Waals surface area contributed by atoms with E-state index in [1.807, 2.05) is 0 Å². The van der Waals surface area contributed by atoms with Crippen molar-refractivity contribution < 1.29 is 9.47 Å². The normalized spacial score (nSPS) is 13.0. The molecule has 1 unspecified atom stereocenters. The van der Waals surface area contributed by atoms with Gasteiger partial charge in [-0.3, -0.25) is 0 Å². The summed E-state index contributed by atoms with van der Waals surface area (Å²) in [5.41, 5.74) is 6.63. The average molecular weight is 244 g/mol. The first-order valence-electron chi connectivity index (χ1n) is 5.47. The van der Waals surface area contributed by atoms with Crippen LogP contribution in [-0.4, -0.2) is 19.2 Å².